The summed E-state index contributed by atoms with van der Waals surface area (Å²) in [5, 5.41) is 14.8. The largest absolute Gasteiger partial charge is 0.481 e. The molecule has 0 saturated heterocycles. The molecule has 0 aliphatic carbocycles. The molecule has 2 N–H and O–H groups in total. The van der Waals surface area contributed by atoms with Crippen molar-refractivity contribution in [3.63, 3.8) is 0 Å². The first kappa shape index (κ1) is 35.8. The molecular formula is C20H44O4Sn. The zero-order chi connectivity index (χ0) is 19.6. The zero-order valence-corrected chi connectivity index (χ0v) is 20.6. The van der Waals surface area contributed by atoms with Gasteiger partial charge in [-0.3, -0.25) is 9.59 Å². The Morgan fingerprint density at radius 3 is 0.720 bits per heavy atom. The number of aliphatic carboxylic acids is 2. The van der Waals surface area contributed by atoms with E-state index in [1.807, 2.05) is 0 Å². The van der Waals surface area contributed by atoms with Gasteiger partial charge in [0.2, 0.25) is 0 Å². The summed E-state index contributed by atoms with van der Waals surface area (Å²) in [6.07, 6.45) is 17.0. The van der Waals surface area contributed by atoms with Gasteiger partial charge in [-0.2, -0.15) is 0 Å². The van der Waals surface area contributed by atoms with Gasteiger partial charge in [0.1, 0.15) is 0 Å². The number of unbranched alkanes of at least 4 members (excludes halogenated alkanes) is 10. The third-order valence-corrected chi connectivity index (χ3v) is 2.91. The first-order chi connectivity index (χ1) is 11.3. The van der Waals surface area contributed by atoms with E-state index in [1.165, 1.54) is 77.0 Å². The number of rotatable bonds is 10. The van der Waals surface area contributed by atoms with Crippen molar-refractivity contribution < 1.29 is 19.8 Å². The van der Waals surface area contributed by atoms with Crippen molar-refractivity contribution in [2.75, 3.05) is 0 Å². The van der Waals surface area contributed by atoms with Gasteiger partial charge in [-0.05, 0) is 0 Å². The predicted octanol–water partition coefficient (Wildman–Crippen LogP) is 6.53. The smallest absolute Gasteiger partial charge is 0.300 e. The normalized spacial score (nSPS) is 8.24. The second-order valence-electron chi connectivity index (χ2n) is 5.87. The minimum absolute atomic E-state index is 0. The Kier molecular flexibility index (Phi) is 55.8. The Morgan fingerprint density at radius 1 is 0.520 bits per heavy atom. The average molecular weight is 467 g/mol. The Bertz CT molecular complexity index is 190. The summed E-state index contributed by atoms with van der Waals surface area (Å²) in [7, 11) is 0. The van der Waals surface area contributed by atoms with Crippen LogP contribution in [0.2, 0.25) is 0 Å². The number of hydrogen-bond donors (Lipinski definition) is 2. The molecule has 0 aromatic carbocycles. The van der Waals surface area contributed by atoms with Gasteiger partial charge in [0.25, 0.3) is 11.9 Å². The fourth-order valence-electron chi connectivity index (χ4n) is 1.71. The van der Waals surface area contributed by atoms with E-state index >= 15 is 0 Å². The van der Waals surface area contributed by atoms with Crippen molar-refractivity contribution in [1.82, 2.24) is 0 Å². The standard InChI is InChI=1S/2C8H18.2C2H4O2.Sn/c2*1-3-5-7-8-6-4-2;2*1-2(3)4;/h2*3-8H2,1-2H3;2*1H3,(H,3,4);. The molecule has 0 unspecified atom stereocenters. The third-order valence-electron chi connectivity index (χ3n) is 2.91. The van der Waals surface area contributed by atoms with Crippen LogP contribution >= 0.6 is 0 Å². The van der Waals surface area contributed by atoms with Crippen LogP contribution < -0.4 is 0 Å². The van der Waals surface area contributed by atoms with Crippen LogP contribution in [-0.2, 0) is 9.59 Å². The van der Waals surface area contributed by atoms with Gasteiger partial charge in [-0.25, -0.2) is 0 Å². The van der Waals surface area contributed by atoms with Crippen LogP contribution in [0.25, 0.3) is 0 Å². The second-order valence-corrected chi connectivity index (χ2v) is 5.87. The van der Waals surface area contributed by atoms with Gasteiger partial charge >= 0.3 is 0 Å². The van der Waals surface area contributed by atoms with Gasteiger partial charge in [0, 0.05) is 37.8 Å². The van der Waals surface area contributed by atoms with Gasteiger partial charge in [0.15, 0.2) is 0 Å². The summed E-state index contributed by atoms with van der Waals surface area (Å²) in [4.78, 5) is 18.0. The maximum Gasteiger partial charge on any atom is 0.300 e. The van der Waals surface area contributed by atoms with Crippen LogP contribution in [0.4, 0.5) is 0 Å². The summed E-state index contributed by atoms with van der Waals surface area (Å²) in [5.74, 6) is -1.67. The van der Waals surface area contributed by atoms with E-state index in [1.54, 1.807) is 0 Å². The van der Waals surface area contributed by atoms with Gasteiger partial charge in [-0.1, -0.05) is 105 Å². The topological polar surface area (TPSA) is 74.6 Å². The quantitative estimate of drug-likeness (QED) is 0.283. The molecule has 0 heterocycles. The van der Waals surface area contributed by atoms with Crippen LogP contribution in [0.3, 0.4) is 0 Å². The van der Waals surface area contributed by atoms with Crippen molar-refractivity contribution in [2.45, 2.75) is 119 Å². The molecule has 152 valence electrons. The fraction of sp³-hybridized carbons (Fsp3) is 0.900. The molecule has 5 heteroatoms. The van der Waals surface area contributed by atoms with Crippen LogP contribution in [-0.4, -0.2) is 46.1 Å². The van der Waals surface area contributed by atoms with Crippen LogP contribution in [0, 0.1) is 0 Å². The minimum atomic E-state index is -0.833. The second kappa shape index (κ2) is 39.0. The molecule has 0 rings (SSSR count). The molecule has 0 aromatic heterocycles. The predicted molar refractivity (Wildman–Crippen MR) is 110 cm³/mol. The average Bonchev–Trinajstić information content (AvgIpc) is 2.48. The molecular weight excluding hydrogens is 423 g/mol. The van der Waals surface area contributed by atoms with E-state index in [0.717, 1.165) is 13.8 Å². The molecule has 0 fully saturated rings. The number of hydrogen-bond acceptors (Lipinski definition) is 2. The molecule has 0 aliphatic rings. The van der Waals surface area contributed by atoms with E-state index in [-0.39, 0.29) is 23.9 Å². The summed E-state index contributed by atoms with van der Waals surface area (Å²) in [5.41, 5.74) is 0. The van der Waals surface area contributed by atoms with E-state index < -0.39 is 11.9 Å². The first-order valence-corrected chi connectivity index (χ1v) is 9.68. The van der Waals surface area contributed by atoms with Crippen molar-refractivity contribution in [3.05, 3.63) is 0 Å². The van der Waals surface area contributed by atoms with Crippen LogP contribution in [0.15, 0.2) is 0 Å². The third kappa shape index (κ3) is 118. The van der Waals surface area contributed by atoms with Crippen molar-refractivity contribution >= 4 is 35.8 Å². The van der Waals surface area contributed by atoms with E-state index in [0.29, 0.717) is 0 Å². The SMILES string of the molecule is CC(=O)O.CC(=O)O.CCCCCCCC.CCCCCCCC.[Sn]. The maximum atomic E-state index is 9.00. The van der Waals surface area contributed by atoms with Gasteiger partial charge in [-0.15, -0.1) is 0 Å². The molecule has 25 heavy (non-hydrogen) atoms. The summed E-state index contributed by atoms with van der Waals surface area (Å²) >= 11 is 0. The minimum Gasteiger partial charge on any atom is -0.481 e. The zero-order valence-electron chi connectivity index (χ0n) is 17.7. The Hall–Kier alpha value is -0.261. The molecule has 0 aliphatic heterocycles. The molecule has 4 radical (unpaired) electrons. The van der Waals surface area contributed by atoms with Gasteiger partial charge in [0.05, 0.1) is 0 Å². The van der Waals surface area contributed by atoms with Gasteiger partial charge < -0.3 is 10.2 Å². The molecule has 4 nitrogen and oxygen atoms in total. The summed E-state index contributed by atoms with van der Waals surface area (Å²) < 4.78 is 0. The molecule has 0 bridgehead atoms. The van der Waals surface area contributed by atoms with Crippen LogP contribution in [0.5, 0.6) is 0 Å². The monoisotopic (exact) mass is 468 g/mol. The fourth-order valence-corrected chi connectivity index (χ4v) is 1.71. The maximum absolute atomic E-state index is 9.00. The summed E-state index contributed by atoms with van der Waals surface area (Å²) in [6, 6.07) is 0. The van der Waals surface area contributed by atoms with E-state index in [9.17, 15) is 0 Å². The Morgan fingerprint density at radius 2 is 0.640 bits per heavy atom. The molecule has 0 aromatic rings. The Labute approximate surface area is 174 Å². The molecule has 0 amide bonds. The molecule has 0 spiro atoms. The molecule has 0 saturated carbocycles. The van der Waals surface area contributed by atoms with Crippen molar-refractivity contribution in [3.8, 4) is 0 Å². The van der Waals surface area contributed by atoms with Crippen LogP contribution in [0.1, 0.15) is 119 Å². The Balaban J connectivity index is -0.0000000739. The summed E-state index contributed by atoms with van der Waals surface area (Å²) in [6.45, 7) is 11.2. The van der Waals surface area contributed by atoms with E-state index in [2.05, 4.69) is 27.7 Å². The van der Waals surface area contributed by atoms with Crippen molar-refractivity contribution in [1.29, 1.82) is 0 Å². The number of carboxylic acids is 2. The van der Waals surface area contributed by atoms with E-state index in [4.69, 9.17) is 19.8 Å². The molecule has 0 atom stereocenters. The number of carboxylic acid groups (broad SMARTS) is 2. The first-order valence-electron chi connectivity index (χ1n) is 9.68. The van der Waals surface area contributed by atoms with Crippen molar-refractivity contribution in [2.24, 2.45) is 0 Å². The number of carbonyl (C=O) groups is 2.